The van der Waals surface area contributed by atoms with Crippen LogP contribution in [-0.4, -0.2) is 30.2 Å². The van der Waals surface area contributed by atoms with Crippen molar-refractivity contribution in [3.63, 3.8) is 0 Å². The lowest BCUT2D eigenvalue weighted by Crippen LogP contribution is -2.10. The number of aliphatic carboxylic acids is 1. The maximum absolute atomic E-state index is 10.6. The van der Waals surface area contributed by atoms with Gasteiger partial charge in [-0.15, -0.1) is 11.3 Å². The predicted octanol–water partition coefficient (Wildman–Crippen LogP) is 2.89. The Bertz CT molecular complexity index is 623. The molecule has 0 amide bonds. The third kappa shape index (κ3) is 3.48. The number of anilines is 3. The molecule has 0 aliphatic carbocycles. The molecule has 20 heavy (non-hydrogen) atoms. The number of hydrogen-bond acceptors (Lipinski definition) is 5. The molecule has 0 radical (unpaired) electrons. The number of hydrogen-bond donors (Lipinski definition) is 2. The summed E-state index contributed by atoms with van der Waals surface area (Å²) in [7, 11) is 4.00. The van der Waals surface area contributed by atoms with Crippen LogP contribution in [0.4, 0.5) is 16.5 Å². The maximum Gasteiger partial charge on any atom is 0.309 e. The highest BCUT2D eigenvalue weighted by Gasteiger charge is 2.07. The number of aryl methyl sites for hydroxylation is 1. The second kappa shape index (κ2) is 5.92. The second-order valence-corrected chi connectivity index (χ2v) is 5.59. The zero-order valence-electron chi connectivity index (χ0n) is 11.7. The van der Waals surface area contributed by atoms with Crippen LogP contribution < -0.4 is 10.2 Å². The highest BCUT2D eigenvalue weighted by atomic mass is 32.1. The van der Waals surface area contributed by atoms with Gasteiger partial charge in [-0.25, -0.2) is 4.98 Å². The fourth-order valence-electron chi connectivity index (χ4n) is 1.89. The quantitative estimate of drug-likeness (QED) is 0.886. The minimum atomic E-state index is -0.868. The van der Waals surface area contributed by atoms with Gasteiger partial charge in [0.25, 0.3) is 0 Å². The van der Waals surface area contributed by atoms with Gasteiger partial charge in [0.2, 0.25) is 0 Å². The standard InChI is InChI=1S/C14H17N3O2S/c1-9-4-5-10(6-12(9)17(2)3)15-14-16-11(8-20-14)7-13(18)19/h4-6,8H,7H2,1-3H3,(H,15,16)(H,18,19). The van der Waals surface area contributed by atoms with Crippen LogP contribution in [0.25, 0.3) is 0 Å². The second-order valence-electron chi connectivity index (χ2n) is 4.74. The summed E-state index contributed by atoms with van der Waals surface area (Å²) >= 11 is 1.41. The Labute approximate surface area is 121 Å². The summed E-state index contributed by atoms with van der Waals surface area (Å²) in [6, 6.07) is 6.08. The molecule has 2 rings (SSSR count). The molecule has 2 aromatic rings. The van der Waals surface area contributed by atoms with Gasteiger partial charge < -0.3 is 15.3 Å². The number of rotatable bonds is 5. The first-order chi connectivity index (χ1) is 9.45. The molecule has 6 heteroatoms. The maximum atomic E-state index is 10.6. The Balaban J connectivity index is 2.15. The van der Waals surface area contributed by atoms with Gasteiger partial charge in [0.1, 0.15) is 0 Å². The number of benzene rings is 1. The summed E-state index contributed by atoms with van der Waals surface area (Å²) in [6.07, 6.45) is -0.0466. The predicted molar refractivity (Wildman–Crippen MR) is 82.2 cm³/mol. The fourth-order valence-corrected chi connectivity index (χ4v) is 2.62. The van der Waals surface area contributed by atoms with Crippen molar-refractivity contribution in [1.29, 1.82) is 0 Å². The summed E-state index contributed by atoms with van der Waals surface area (Å²) < 4.78 is 0. The Morgan fingerprint density at radius 2 is 2.20 bits per heavy atom. The third-order valence-corrected chi connectivity index (χ3v) is 3.63. The summed E-state index contributed by atoms with van der Waals surface area (Å²) in [5, 5.41) is 14.4. The van der Waals surface area contributed by atoms with E-state index in [0.29, 0.717) is 10.8 Å². The van der Waals surface area contributed by atoms with Crippen LogP contribution in [-0.2, 0) is 11.2 Å². The lowest BCUT2D eigenvalue weighted by Gasteiger charge is -2.17. The zero-order chi connectivity index (χ0) is 14.7. The summed E-state index contributed by atoms with van der Waals surface area (Å²) in [6.45, 7) is 2.06. The van der Waals surface area contributed by atoms with Gasteiger partial charge >= 0.3 is 5.97 Å². The molecule has 0 spiro atoms. The monoisotopic (exact) mass is 291 g/mol. The molecule has 0 aliphatic rings. The number of carbonyl (C=O) groups is 1. The van der Waals surface area contributed by atoms with Gasteiger partial charge in [-0.05, 0) is 24.6 Å². The van der Waals surface area contributed by atoms with Crippen molar-refractivity contribution in [3.8, 4) is 0 Å². The van der Waals surface area contributed by atoms with Crippen molar-refractivity contribution in [2.75, 3.05) is 24.3 Å². The number of aromatic nitrogens is 1. The lowest BCUT2D eigenvalue weighted by molar-refractivity contribution is -0.136. The van der Waals surface area contributed by atoms with Gasteiger partial charge in [-0.1, -0.05) is 6.07 Å². The van der Waals surface area contributed by atoms with Crippen LogP contribution in [0.3, 0.4) is 0 Å². The summed E-state index contributed by atoms with van der Waals surface area (Å²) in [4.78, 5) is 16.9. The molecule has 0 saturated carbocycles. The third-order valence-electron chi connectivity index (χ3n) is 2.83. The van der Waals surface area contributed by atoms with Gasteiger partial charge in [-0.3, -0.25) is 4.79 Å². The van der Waals surface area contributed by atoms with Gasteiger partial charge in [-0.2, -0.15) is 0 Å². The largest absolute Gasteiger partial charge is 0.481 e. The Hall–Kier alpha value is -2.08. The first-order valence-corrected chi connectivity index (χ1v) is 7.05. The molecule has 1 heterocycles. The van der Waals surface area contributed by atoms with Crippen LogP contribution in [0, 0.1) is 6.92 Å². The first kappa shape index (κ1) is 14.3. The van der Waals surface area contributed by atoms with E-state index in [-0.39, 0.29) is 6.42 Å². The van der Waals surface area contributed by atoms with Crippen LogP contribution >= 0.6 is 11.3 Å². The molecule has 1 aromatic heterocycles. The minimum Gasteiger partial charge on any atom is -0.481 e. The lowest BCUT2D eigenvalue weighted by atomic mass is 10.1. The van der Waals surface area contributed by atoms with Crippen molar-refractivity contribution >= 4 is 33.8 Å². The molecule has 1 aromatic carbocycles. The van der Waals surface area contributed by atoms with Crippen molar-refractivity contribution in [2.45, 2.75) is 13.3 Å². The van der Waals surface area contributed by atoms with Crippen LogP contribution in [0.2, 0.25) is 0 Å². The van der Waals surface area contributed by atoms with Gasteiger partial charge in [0, 0.05) is 30.9 Å². The fraction of sp³-hybridized carbons (Fsp3) is 0.286. The Kier molecular flexibility index (Phi) is 4.24. The Morgan fingerprint density at radius 3 is 2.85 bits per heavy atom. The molecular formula is C14H17N3O2S. The van der Waals surface area contributed by atoms with E-state index in [2.05, 4.69) is 22.1 Å². The van der Waals surface area contributed by atoms with E-state index in [1.807, 2.05) is 32.3 Å². The molecule has 2 N–H and O–H groups in total. The van der Waals surface area contributed by atoms with E-state index in [1.54, 1.807) is 5.38 Å². The molecule has 0 unspecified atom stereocenters. The van der Waals surface area contributed by atoms with Crippen LogP contribution in [0.15, 0.2) is 23.6 Å². The van der Waals surface area contributed by atoms with E-state index in [9.17, 15) is 4.79 Å². The number of carboxylic acid groups (broad SMARTS) is 1. The molecular weight excluding hydrogens is 274 g/mol. The molecule has 0 aliphatic heterocycles. The van der Waals surface area contributed by atoms with E-state index in [4.69, 9.17) is 5.11 Å². The van der Waals surface area contributed by atoms with Crippen molar-refractivity contribution in [1.82, 2.24) is 4.98 Å². The van der Waals surface area contributed by atoms with Crippen LogP contribution in [0.5, 0.6) is 0 Å². The first-order valence-electron chi connectivity index (χ1n) is 6.17. The number of nitrogens with zero attached hydrogens (tertiary/aromatic N) is 2. The molecule has 5 nitrogen and oxygen atoms in total. The molecule has 106 valence electrons. The van der Waals surface area contributed by atoms with E-state index < -0.39 is 5.97 Å². The van der Waals surface area contributed by atoms with E-state index in [0.717, 1.165) is 11.4 Å². The topological polar surface area (TPSA) is 65.5 Å². The number of nitrogens with one attached hydrogen (secondary N) is 1. The molecule has 0 fully saturated rings. The average molecular weight is 291 g/mol. The van der Waals surface area contributed by atoms with Gasteiger partial charge in [0.05, 0.1) is 12.1 Å². The van der Waals surface area contributed by atoms with Crippen molar-refractivity contribution in [3.05, 3.63) is 34.8 Å². The highest BCUT2D eigenvalue weighted by Crippen LogP contribution is 2.26. The van der Waals surface area contributed by atoms with E-state index in [1.165, 1.54) is 16.9 Å². The average Bonchev–Trinajstić information content (AvgIpc) is 2.77. The minimum absolute atomic E-state index is 0.0466. The highest BCUT2D eigenvalue weighted by molar-refractivity contribution is 7.13. The smallest absolute Gasteiger partial charge is 0.309 e. The van der Waals surface area contributed by atoms with Crippen molar-refractivity contribution in [2.24, 2.45) is 0 Å². The SMILES string of the molecule is Cc1ccc(Nc2nc(CC(=O)O)cs2)cc1N(C)C. The van der Waals surface area contributed by atoms with Gasteiger partial charge in [0.15, 0.2) is 5.13 Å². The molecule has 0 bridgehead atoms. The van der Waals surface area contributed by atoms with Crippen LogP contribution in [0.1, 0.15) is 11.3 Å². The van der Waals surface area contributed by atoms with Crippen molar-refractivity contribution < 1.29 is 9.90 Å². The summed E-state index contributed by atoms with van der Waals surface area (Å²) in [5.74, 6) is -0.868. The normalized spacial score (nSPS) is 10.3. The van der Waals surface area contributed by atoms with E-state index >= 15 is 0 Å². The number of carboxylic acids is 1. The Morgan fingerprint density at radius 1 is 1.45 bits per heavy atom. The number of thiazole rings is 1. The molecule has 0 saturated heterocycles. The zero-order valence-corrected chi connectivity index (χ0v) is 12.5. The molecule has 0 atom stereocenters. The summed E-state index contributed by atoms with van der Waals surface area (Å²) in [5.41, 5.74) is 3.85.